The minimum Gasteiger partial charge on any atom is -0.390 e. The average molecular weight is 253 g/mol. The summed E-state index contributed by atoms with van der Waals surface area (Å²) in [5.74, 6) is 1.51. The number of hydrogen-bond acceptors (Lipinski definition) is 4. The zero-order chi connectivity index (χ0) is 12.4. The molecule has 0 aromatic carbocycles. The van der Waals surface area contributed by atoms with E-state index in [-0.39, 0.29) is 6.61 Å². The van der Waals surface area contributed by atoms with E-state index in [2.05, 4.69) is 30.7 Å². The molecular weight excluding hydrogens is 234 g/mol. The predicted molar refractivity (Wildman–Crippen MR) is 71.7 cm³/mol. The number of imidazole rings is 1. The number of anilines is 1. The first-order chi connectivity index (χ1) is 8.17. The first-order valence-corrected chi connectivity index (χ1v) is 6.85. The number of hydrogen-bond donors (Lipinski definition) is 1. The van der Waals surface area contributed by atoms with Gasteiger partial charge in [-0.1, -0.05) is 13.8 Å². The Morgan fingerprint density at radius 1 is 1.53 bits per heavy atom. The molecule has 2 rings (SSSR count). The van der Waals surface area contributed by atoms with Gasteiger partial charge in [0.2, 0.25) is 0 Å². The van der Waals surface area contributed by atoms with Crippen LogP contribution in [0.5, 0.6) is 0 Å². The van der Waals surface area contributed by atoms with Gasteiger partial charge >= 0.3 is 0 Å². The minimum atomic E-state index is 0.0296. The SMILES string of the molecule is CCN(CC(C)C)c1nc2sccn2c1CO. The third-order valence-electron chi connectivity index (χ3n) is 2.76. The topological polar surface area (TPSA) is 40.8 Å². The maximum absolute atomic E-state index is 9.52. The quantitative estimate of drug-likeness (QED) is 0.889. The maximum atomic E-state index is 9.52. The molecule has 2 aromatic heterocycles. The fraction of sp³-hybridized carbons (Fsp3) is 0.583. The largest absolute Gasteiger partial charge is 0.390 e. The van der Waals surface area contributed by atoms with Crippen LogP contribution in [0.15, 0.2) is 11.6 Å². The highest BCUT2D eigenvalue weighted by Crippen LogP contribution is 2.25. The third-order valence-corrected chi connectivity index (χ3v) is 3.51. The van der Waals surface area contributed by atoms with Crippen molar-refractivity contribution in [3.05, 3.63) is 17.3 Å². The lowest BCUT2D eigenvalue weighted by atomic mass is 10.2. The maximum Gasteiger partial charge on any atom is 0.195 e. The van der Waals surface area contributed by atoms with Gasteiger partial charge in [0, 0.05) is 24.7 Å². The molecule has 0 aliphatic heterocycles. The summed E-state index contributed by atoms with van der Waals surface area (Å²) in [6.45, 7) is 8.42. The van der Waals surface area contributed by atoms with Crippen molar-refractivity contribution in [2.45, 2.75) is 27.4 Å². The molecular formula is C12H19N3OS. The van der Waals surface area contributed by atoms with Crippen molar-refractivity contribution in [1.29, 1.82) is 0 Å². The number of nitrogens with zero attached hydrogens (tertiary/aromatic N) is 3. The molecule has 0 aliphatic carbocycles. The fourth-order valence-electron chi connectivity index (χ4n) is 2.03. The van der Waals surface area contributed by atoms with Gasteiger partial charge in [0.25, 0.3) is 0 Å². The van der Waals surface area contributed by atoms with Crippen LogP contribution >= 0.6 is 11.3 Å². The van der Waals surface area contributed by atoms with E-state index in [1.807, 2.05) is 16.0 Å². The van der Waals surface area contributed by atoms with E-state index in [1.165, 1.54) is 0 Å². The number of fused-ring (bicyclic) bond motifs is 1. The number of aliphatic hydroxyl groups is 1. The molecule has 0 spiro atoms. The molecule has 0 bridgehead atoms. The lowest BCUT2D eigenvalue weighted by molar-refractivity contribution is 0.276. The zero-order valence-corrected chi connectivity index (χ0v) is 11.4. The minimum absolute atomic E-state index is 0.0296. The van der Waals surface area contributed by atoms with Crippen molar-refractivity contribution in [2.24, 2.45) is 5.92 Å². The summed E-state index contributed by atoms with van der Waals surface area (Å²) in [7, 11) is 0. The Hall–Kier alpha value is -1.07. The van der Waals surface area contributed by atoms with Gasteiger partial charge in [-0.15, -0.1) is 11.3 Å². The van der Waals surface area contributed by atoms with Crippen LogP contribution in [0.25, 0.3) is 4.96 Å². The van der Waals surface area contributed by atoms with E-state index in [0.29, 0.717) is 5.92 Å². The number of aliphatic hydroxyl groups excluding tert-OH is 1. The van der Waals surface area contributed by atoms with Crippen LogP contribution in [-0.4, -0.2) is 27.6 Å². The average Bonchev–Trinajstić information content (AvgIpc) is 2.84. The van der Waals surface area contributed by atoms with Crippen LogP contribution < -0.4 is 4.90 Å². The molecule has 17 heavy (non-hydrogen) atoms. The van der Waals surface area contributed by atoms with Crippen molar-refractivity contribution >= 4 is 22.1 Å². The van der Waals surface area contributed by atoms with Crippen molar-refractivity contribution in [3.8, 4) is 0 Å². The van der Waals surface area contributed by atoms with E-state index in [0.717, 1.165) is 29.6 Å². The lowest BCUT2D eigenvalue weighted by Crippen LogP contribution is -2.28. The summed E-state index contributed by atoms with van der Waals surface area (Å²) in [4.78, 5) is 7.80. The number of rotatable bonds is 5. The second-order valence-electron chi connectivity index (χ2n) is 4.53. The van der Waals surface area contributed by atoms with Gasteiger partial charge in [0.1, 0.15) is 0 Å². The highest BCUT2D eigenvalue weighted by Gasteiger charge is 2.17. The lowest BCUT2D eigenvalue weighted by Gasteiger charge is -2.23. The van der Waals surface area contributed by atoms with Crippen molar-refractivity contribution in [2.75, 3.05) is 18.0 Å². The standard InChI is InChI=1S/C12H19N3OS/c1-4-14(7-9(2)3)11-10(8-16)15-5-6-17-12(15)13-11/h5-6,9,16H,4,7-8H2,1-3H3. The Balaban J connectivity index is 2.41. The van der Waals surface area contributed by atoms with Crippen molar-refractivity contribution in [1.82, 2.24) is 9.38 Å². The smallest absolute Gasteiger partial charge is 0.195 e. The normalized spacial score (nSPS) is 11.6. The summed E-state index contributed by atoms with van der Waals surface area (Å²) in [5.41, 5.74) is 0.892. The molecule has 0 amide bonds. The van der Waals surface area contributed by atoms with Gasteiger partial charge in [0.15, 0.2) is 10.8 Å². The van der Waals surface area contributed by atoms with E-state index in [1.54, 1.807) is 11.3 Å². The summed E-state index contributed by atoms with van der Waals surface area (Å²) in [6.07, 6.45) is 1.96. The first kappa shape index (κ1) is 12.4. The Kier molecular flexibility index (Phi) is 3.69. The van der Waals surface area contributed by atoms with Gasteiger partial charge in [-0.05, 0) is 12.8 Å². The predicted octanol–water partition coefficient (Wildman–Crippen LogP) is 2.37. The molecule has 2 aromatic rings. The first-order valence-electron chi connectivity index (χ1n) is 5.97. The van der Waals surface area contributed by atoms with Crippen molar-refractivity contribution < 1.29 is 5.11 Å². The Morgan fingerprint density at radius 2 is 2.29 bits per heavy atom. The zero-order valence-electron chi connectivity index (χ0n) is 10.6. The fourth-order valence-corrected chi connectivity index (χ4v) is 2.76. The second kappa shape index (κ2) is 5.06. The molecule has 0 unspecified atom stereocenters. The molecule has 0 radical (unpaired) electrons. The van der Waals surface area contributed by atoms with E-state index in [4.69, 9.17) is 0 Å². The number of thiazole rings is 1. The van der Waals surface area contributed by atoms with Crippen LogP contribution in [0.4, 0.5) is 5.82 Å². The summed E-state index contributed by atoms with van der Waals surface area (Å²) in [5, 5.41) is 11.5. The van der Waals surface area contributed by atoms with Crippen LogP contribution in [-0.2, 0) is 6.61 Å². The monoisotopic (exact) mass is 253 g/mol. The third kappa shape index (κ3) is 2.30. The van der Waals surface area contributed by atoms with Gasteiger partial charge < -0.3 is 10.0 Å². The van der Waals surface area contributed by atoms with Gasteiger partial charge in [-0.2, -0.15) is 0 Å². The van der Waals surface area contributed by atoms with Gasteiger partial charge in [-0.25, -0.2) is 4.98 Å². The molecule has 4 nitrogen and oxygen atoms in total. The second-order valence-corrected chi connectivity index (χ2v) is 5.40. The van der Waals surface area contributed by atoms with Gasteiger partial charge in [-0.3, -0.25) is 4.40 Å². The molecule has 0 aliphatic rings. The molecule has 0 saturated heterocycles. The van der Waals surface area contributed by atoms with E-state index >= 15 is 0 Å². The Morgan fingerprint density at radius 3 is 2.88 bits per heavy atom. The molecule has 0 atom stereocenters. The van der Waals surface area contributed by atoms with Crippen LogP contribution in [0, 0.1) is 5.92 Å². The molecule has 5 heteroatoms. The summed E-state index contributed by atoms with van der Waals surface area (Å²) in [6, 6.07) is 0. The summed E-state index contributed by atoms with van der Waals surface area (Å²) >= 11 is 1.60. The van der Waals surface area contributed by atoms with Crippen LogP contribution in [0.2, 0.25) is 0 Å². The summed E-state index contributed by atoms with van der Waals surface area (Å²) < 4.78 is 1.98. The molecule has 94 valence electrons. The van der Waals surface area contributed by atoms with Gasteiger partial charge in [0.05, 0.1) is 12.3 Å². The molecule has 0 saturated carbocycles. The van der Waals surface area contributed by atoms with Crippen LogP contribution in [0.1, 0.15) is 26.5 Å². The van der Waals surface area contributed by atoms with Crippen molar-refractivity contribution in [3.63, 3.8) is 0 Å². The molecule has 1 N–H and O–H groups in total. The molecule has 2 heterocycles. The highest BCUT2D eigenvalue weighted by molar-refractivity contribution is 7.15. The Labute approximate surface area is 106 Å². The van der Waals surface area contributed by atoms with E-state index < -0.39 is 0 Å². The Bertz CT molecular complexity index is 489. The number of aromatic nitrogens is 2. The van der Waals surface area contributed by atoms with E-state index in [9.17, 15) is 5.11 Å². The molecule has 0 fully saturated rings. The highest BCUT2D eigenvalue weighted by atomic mass is 32.1. The van der Waals surface area contributed by atoms with Crippen LogP contribution in [0.3, 0.4) is 0 Å².